The van der Waals surface area contributed by atoms with E-state index in [2.05, 4.69) is 5.32 Å². The summed E-state index contributed by atoms with van der Waals surface area (Å²) >= 11 is 1.42. The second kappa shape index (κ2) is 5.16. The molecule has 1 unspecified atom stereocenters. The number of aliphatic hydroxyl groups excluding tert-OH is 1. The standard InChI is InChI=1S/C10H17NO4S2/c12-8-3-7(4-8)11-10(13)5-16-9-1-2-17(14,15)6-9/h7-9,12H,1-6H2,(H,11,13). The molecule has 0 aromatic carbocycles. The first-order chi connectivity index (χ1) is 7.94. The van der Waals surface area contributed by atoms with Gasteiger partial charge in [0, 0.05) is 11.3 Å². The fourth-order valence-corrected chi connectivity index (χ4v) is 5.52. The lowest BCUT2D eigenvalue weighted by Gasteiger charge is -2.31. The van der Waals surface area contributed by atoms with Gasteiger partial charge in [-0.1, -0.05) is 0 Å². The maximum Gasteiger partial charge on any atom is 0.230 e. The average molecular weight is 279 g/mol. The molecule has 0 aromatic rings. The van der Waals surface area contributed by atoms with Gasteiger partial charge in [0.05, 0.1) is 23.4 Å². The first kappa shape index (κ1) is 13.2. The number of rotatable bonds is 4. The van der Waals surface area contributed by atoms with Crippen LogP contribution in [0.15, 0.2) is 0 Å². The molecule has 5 nitrogen and oxygen atoms in total. The molecule has 1 saturated carbocycles. The summed E-state index contributed by atoms with van der Waals surface area (Å²) in [5.74, 6) is 0.706. The van der Waals surface area contributed by atoms with E-state index in [1.807, 2.05) is 0 Å². The van der Waals surface area contributed by atoms with E-state index in [-0.39, 0.29) is 34.8 Å². The van der Waals surface area contributed by atoms with Gasteiger partial charge in [-0.15, -0.1) is 11.8 Å². The van der Waals surface area contributed by atoms with Crippen LogP contribution in [-0.2, 0) is 14.6 Å². The molecule has 0 aromatic heterocycles. The van der Waals surface area contributed by atoms with Crippen molar-refractivity contribution in [1.29, 1.82) is 0 Å². The summed E-state index contributed by atoms with van der Waals surface area (Å²) in [6.07, 6.45) is 1.65. The Bertz CT molecular complexity index is 389. The van der Waals surface area contributed by atoms with Gasteiger partial charge in [0.2, 0.25) is 5.91 Å². The molecule has 7 heteroatoms. The van der Waals surface area contributed by atoms with Gasteiger partial charge in [-0.25, -0.2) is 8.42 Å². The molecule has 2 N–H and O–H groups in total. The molecule has 2 rings (SSSR count). The van der Waals surface area contributed by atoms with Crippen LogP contribution in [-0.4, -0.2) is 54.1 Å². The Labute approximate surface area is 105 Å². The van der Waals surface area contributed by atoms with Crippen molar-refractivity contribution >= 4 is 27.5 Å². The first-order valence-corrected chi connectivity index (χ1v) is 8.61. The number of nitrogens with one attached hydrogen (secondary N) is 1. The second-order valence-electron chi connectivity index (χ2n) is 4.73. The molecule has 0 bridgehead atoms. The van der Waals surface area contributed by atoms with Crippen molar-refractivity contribution in [1.82, 2.24) is 5.32 Å². The molecule has 0 spiro atoms. The van der Waals surface area contributed by atoms with Crippen molar-refractivity contribution < 1.29 is 18.3 Å². The van der Waals surface area contributed by atoms with Gasteiger partial charge >= 0.3 is 0 Å². The number of amides is 1. The van der Waals surface area contributed by atoms with Gasteiger partial charge in [0.1, 0.15) is 0 Å². The third kappa shape index (κ3) is 3.86. The van der Waals surface area contributed by atoms with Gasteiger partial charge < -0.3 is 10.4 Å². The average Bonchev–Trinajstić information content (AvgIpc) is 2.53. The minimum absolute atomic E-state index is 0.0591. The number of sulfone groups is 1. The molecule has 98 valence electrons. The number of hydrogen-bond acceptors (Lipinski definition) is 5. The summed E-state index contributed by atoms with van der Waals surface area (Å²) in [6.45, 7) is 0. The number of hydrogen-bond donors (Lipinski definition) is 2. The Morgan fingerprint density at radius 3 is 2.65 bits per heavy atom. The van der Waals surface area contributed by atoms with Gasteiger partial charge in [-0.2, -0.15) is 0 Å². The maximum absolute atomic E-state index is 11.5. The molecule has 0 radical (unpaired) electrons. The van der Waals surface area contributed by atoms with E-state index in [1.165, 1.54) is 11.8 Å². The minimum Gasteiger partial charge on any atom is -0.393 e. The van der Waals surface area contributed by atoms with E-state index in [9.17, 15) is 13.2 Å². The fraction of sp³-hybridized carbons (Fsp3) is 0.900. The Balaban J connectivity index is 1.63. The Kier molecular flexibility index (Phi) is 3.99. The lowest BCUT2D eigenvalue weighted by molar-refractivity contribution is -0.120. The lowest BCUT2D eigenvalue weighted by atomic mass is 9.89. The van der Waals surface area contributed by atoms with Crippen LogP contribution in [0.5, 0.6) is 0 Å². The van der Waals surface area contributed by atoms with Crippen LogP contribution in [0, 0.1) is 0 Å². The van der Waals surface area contributed by atoms with Crippen molar-refractivity contribution in [3.63, 3.8) is 0 Å². The number of thioether (sulfide) groups is 1. The van der Waals surface area contributed by atoms with Crippen LogP contribution in [0.3, 0.4) is 0 Å². The quantitative estimate of drug-likeness (QED) is 0.728. The molecule has 1 atom stereocenters. The fourth-order valence-electron chi connectivity index (χ4n) is 2.06. The van der Waals surface area contributed by atoms with E-state index in [1.54, 1.807) is 0 Å². The van der Waals surface area contributed by atoms with Crippen LogP contribution >= 0.6 is 11.8 Å². The summed E-state index contributed by atoms with van der Waals surface area (Å²) in [7, 11) is -2.85. The van der Waals surface area contributed by atoms with Crippen molar-refractivity contribution in [3.8, 4) is 0 Å². The maximum atomic E-state index is 11.5. The molecule has 1 heterocycles. The summed E-state index contributed by atoms with van der Waals surface area (Å²) in [6, 6.07) is 0.102. The zero-order valence-electron chi connectivity index (χ0n) is 9.46. The molecule has 17 heavy (non-hydrogen) atoms. The van der Waals surface area contributed by atoms with E-state index >= 15 is 0 Å². The normalized spacial score (nSPS) is 35.2. The highest BCUT2D eigenvalue weighted by atomic mass is 32.2. The Hall–Kier alpha value is -0.270. The molecule has 2 fully saturated rings. The number of carbonyl (C=O) groups is 1. The predicted molar refractivity (Wildman–Crippen MR) is 66.7 cm³/mol. The van der Waals surface area contributed by atoms with Crippen LogP contribution in [0.25, 0.3) is 0 Å². The first-order valence-electron chi connectivity index (χ1n) is 5.74. The molecule has 2 aliphatic rings. The predicted octanol–water partition coefficient (Wildman–Crippen LogP) is -0.454. The van der Waals surface area contributed by atoms with E-state index < -0.39 is 9.84 Å². The van der Waals surface area contributed by atoms with E-state index in [0.717, 1.165) is 0 Å². The zero-order valence-corrected chi connectivity index (χ0v) is 11.1. The SMILES string of the molecule is O=C(CSC1CCS(=O)(=O)C1)NC1CC(O)C1. The lowest BCUT2D eigenvalue weighted by Crippen LogP contribution is -2.47. The highest BCUT2D eigenvalue weighted by Crippen LogP contribution is 2.24. The molecule has 1 aliphatic carbocycles. The van der Waals surface area contributed by atoms with Crippen LogP contribution in [0.1, 0.15) is 19.3 Å². The third-order valence-corrected chi connectivity index (χ3v) is 6.40. The summed E-state index contributed by atoms with van der Waals surface area (Å²) in [4.78, 5) is 11.5. The highest BCUT2D eigenvalue weighted by molar-refractivity contribution is 8.02. The highest BCUT2D eigenvalue weighted by Gasteiger charge is 2.30. The van der Waals surface area contributed by atoms with Crippen molar-refractivity contribution in [2.75, 3.05) is 17.3 Å². The van der Waals surface area contributed by atoms with Crippen LogP contribution in [0.4, 0.5) is 0 Å². The monoisotopic (exact) mass is 279 g/mol. The number of carbonyl (C=O) groups excluding carboxylic acids is 1. The van der Waals surface area contributed by atoms with Gasteiger partial charge in [-0.05, 0) is 19.3 Å². The van der Waals surface area contributed by atoms with Crippen molar-refractivity contribution in [2.45, 2.75) is 36.7 Å². The molecule has 1 aliphatic heterocycles. The third-order valence-electron chi connectivity index (χ3n) is 3.12. The minimum atomic E-state index is -2.85. The van der Waals surface area contributed by atoms with E-state index in [0.29, 0.717) is 25.0 Å². The molecular weight excluding hydrogens is 262 g/mol. The zero-order chi connectivity index (χ0) is 12.5. The second-order valence-corrected chi connectivity index (χ2v) is 8.24. The van der Waals surface area contributed by atoms with Crippen LogP contribution in [0.2, 0.25) is 0 Å². The number of aliphatic hydroxyl groups is 1. The van der Waals surface area contributed by atoms with Gasteiger partial charge in [0.25, 0.3) is 0 Å². The summed E-state index contributed by atoms with van der Waals surface area (Å²) in [5, 5.41) is 12.0. The van der Waals surface area contributed by atoms with E-state index in [4.69, 9.17) is 5.11 Å². The molecule has 1 saturated heterocycles. The Morgan fingerprint density at radius 1 is 1.41 bits per heavy atom. The molecule has 1 amide bonds. The smallest absolute Gasteiger partial charge is 0.230 e. The van der Waals surface area contributed by atoms with Gasteiger partial charge in [-0.3, -0.25) is 4.79 Å². The van der Waals surface area contributed by atoms with Gasteiger partial charge in [0.15, 0.2) is 9.84 Å². The topological polar surface area (TPSA) is 83.5 Å². The Morgan fingerprint density at radius 2 is 2.12 bits per heavy atom. The largest absolute Gasteiger partial charge is 0.393 e. The van der Waals surface area contributed by atoms with Crippen molar-refractivity contribution in [2.24, 2.45) is 0 Å². The van der Waals surface area contributed by atoms with Crippen LogP contribution < -0.4 is 5.32 Å². The molecular formula is C10H17NO4S2. The summed E-state index contributed by atoms with van der Waals surface area (Å²) in [5.41, 5.74) is 0. The van der Waals surface area contributed by atoms with Crippen molar-refractivity contribution in [3.05, 3.63) is 0 Å². The summed E-state index contributed by atoms with van der Waals surface area (Å²) < 4.78 is 22.4.